The third-order valence-corrected chi connectivity index (χ3v) is 7.29. The molecule has 0 aromatic rings. The quantitative estimate of drug-likeness (QED) is 0.0246. The molecule has 0 spiro atoms. The van der Waals surface area contributed by atoms with Gasteiger partial charge >= 0.3 is 17.9 Å². The Kier molecular flexibility index (Phi) is 30.2. The summed E-state index contributed by atoms with van der Waals surface area (Å²) in [6.07, 6.45) is 33.1. The van der Waals surface area contributed by atoms with Crippen molar-refractivity contribution in [1.29, 1.82) is 0 Å². The number of ether oxygens (including phenoxy) is 4. The van der Waals surface area contributed by atoms with Crippen LogP contribution in [0.5, 0.6) is 0 Å². The molecule has 0 heterocycles. The zero-order chi connectivity index (χ0) is 36.4. The highest BCUT2D eigenvalue weighted by atomic mass is 16.7. The molecule has 0 bridgehead atoms. The summed E-state index contributed by atoms with van der Waals surface area (Å²) >= 11 is 0. The van der Waals surface area contributed by atoms with Gasteiger partial charge in [0.2, 0.25) is 0 Å². The Balaban J connectivity index is 4.64. The second-order valence-electron chi connectivity index (χ2n) is 13.2. The Labute approximate surface area is 297 Å². The average Bonchev–Trinajstić information content (AvgIpc) is 3.05. The second-order valence-corrected chi connectivity index (χ2v) is 13.2. The van der Waals surface area contributed by atoms with Crippen molar-refractivity contribution in [2.24, 2.45) is 0 Å². The molecule has 0 saturated heterocycles. The summed E-state index contributed by atoms with van der Waals surface area (Å²) in [7, 11) is 5.91. The summed E-state index contributed by atoms with van der Waals surface area (Å²) in [6.45, 7) is 4.60. The predicted molar refractivity (Wildman–Crippen MR) is 198 cm³/mol. The summed E-state index contributed by atoms with van der Waals surface area (Å²) in [5.74, 6) is -2.11. The molecular formula is C40H68NO8+. The van der Waals surface area contributed by atoms with Crippen molar-refractivity contribution in [3.63, 3.8) is 0 Å². The fraction of sp³-hybridized carbons (Fsp3) is 0.675. The van der Waals surface area contributed by atoms with Gasteiger partial charge in [0.05, 0.1) is 34.4 Å². The number of esters is 2. The molecule has 0 saturated carbocycles. The minimum atomic E-state index is -1.52. The van der Waals surface area contributed by atoms with Crippen LogP contribution in [0.1, 0.15) is 117 Å². The van der Waals surface area contributed by atoms with Crippen LogP contribution in [-0.4, -0.2) is 87.4 Å². The van der Waals surface area contributed by atoms with Gasteiger partial charge in [-0.05, 0) is 51.4 Å². The van der Waals surface area contributed by atoms with Crippen LogP contribution >= 0.6 is 0 Å². The van der Waals surface area contributed by atoms with Crippen molar-refractivity contribution in [2.75, 3.05) is 47.5 Å². The van der Waals surface area contributed by atoms with E-state index in [1.54, 1.807) is 0 Å². The van der Waals surface area contributed by atoms with Crippen LogP contribution in [0.15, 0.2) is 60.8 Å². The number of likely N-dealkylation sites (N-methyl/N-ethyl adjacent to an activating group) is 1. The summed E-state index contributed by atoms with van der Waals surface area (Å²) in [6, 6.07) is 0. The first-order valence-electron chi connectivity index (χ1n) is 18.5. The zero-order valence-corrected chi connectivity index (χ0v) is 31.3. The number of carboxylic acids is 1. The molecule has 2 unspecified atom stereocenters. The largest absolute Gasteiger partial charge is 0.477 e. The molecule has 0 aliphatic rings. The normalized spacial score (nSPS) is 13.7. The number of allylic oxidation sites excluding steroid dienone is 10. The van der Waals surface area contributed by atoms with Crippen molar-refractivity contribution in [3.05, 3.63) is 60.8 Å². The molecule has 0 aromatic heterocycles. The Morgan fingerprint density at radius 2 is 1.16 bits per heavy atom. The highest BCUT2D eigenvalue weighted by Gasteiger charge is 2.25. The highest BCUT2D eigenvalue weighted by Crippen LogP contribution is 2.11. The van der Waals surface area contributed by atoms with E-state index in [0.29, 0.717) is 17.4 Å². The van der Waals surface area contributed by atoms with Crippen molar-refractivity contribution in [1.82, 2.24) is 0 Å². The van der Waals surface area contributed by atoms with Gasteiger partial charge in [0.1, 0.15) is 13.2 Å². The SMILES string of the molecule is CC/C=C\C/C=C\C/C=C\C/C=C\C/C=C\CCCC(=O)OC(COC(=O)CCCCCCCCC)COC(OCC[N+](C)(C)C)C(=O)O. The van der Waals surface area contributed by atoms with Crippen LogP contribution in [0.25, 0.3) is 0 Å². The fourth-order valence-electron chi connectivity index (χ4n) is 4.40. The lowest BCUT2D eigenvalue weighted by molar-refractivity contribution is -0.870. The van der Waals surface area contributed by atoms with Crippen LogP contribution in [0.2, 0.25) is 0 Å². The monoisotopic (exact) mass is 690 g/mol. The van der Waals surface area contributed by atoms with Crippen molar-refractivity contribution >= 4 is 17.9 Å². The van der Waals surface area contributed by atoms with E-state index < -0.39 is 24.3 Å². The van der Waals surface area contributed by atoms with Crippen molar-refractivity contribution < 1.29 is 42.9 Å². The molecular weight excluding hydrogens is 622 g/mol. The standard InChI is InChI=1S/C40H67NO8/c1-6-8-10-12-14-15-16-17-18-19-20-21-22-23-25-27-29-31-38(43)49-36(34-47-37(42)30-28-26-24-13-11-9-7-2)35-48-40(39(44)45)46-33-32-41(3,4)5/h8,10,14-15,17-18,20-21,23,25,36,40H,6-7,9,11-13,16,19,22,24,26-35H2,1-5H3/p+1/b10-8-,15-14-,18-17-,21-20-,25-23-. The molecule has 9 heteroatoms. The van der Waals surface area contributed by atoms with Crippen LogP contribution in [0, 0.1) is 0 Å². The van der Waals surface area contributed by atoms with E-state index in [1.807, 2.05) is 27.2 Å². The third-order valence-electron chi connectivity index (χ3n) is 7.29. The number of nitrogens with zero attached hydrogens (tertiary/aromatic N) is 1. The second kappa shape index (κ2) is 32.2. The Hall–Kier alpha value is -3.01. The van der Waals surface area contributed by atoms with Gasteiger partial charge < -0.3 is 28.5 Å². The van der Waals surface area contributed by atoms with Crippen LogP contribution < -0.4 is 0 Å². The molecule has 0 rings (SSSR count). The summed E-state index contributed by atoms with van der Waals surface area (Å²) in [5, 5.41) is 9.55. The number of hydrogen-bond acceptors (Lipinski definition) is 7. The predicted octanol–water partition coefficient (Wildman–Crippen LogP) is 8.65. The number of rotatable bonds is 32. The number of carbonyl (C=O) groups is 3. The number of hydrogen-bond donors (Lipinski definition) is 1. The molecule has 2 atom stereocenters. The molecule has 0 amide bonds. The number of aliphatic carboxylic acids is 1. The summed E-state index contributed by atoms with van der Waals surface area (Å²) in [4.78, 5) is 36.7. The molecule has 0 aliphatic carbocycles. The molecule has 0 radical (unpaired) electrons. The number of carbonyl (C=O) groups excluding carboxylic acids is 2. The van der Waals surface area contributed by atoms with E-state index in [4.69, 9.17) is 18.9 Å². The van der Waals surface area contributed by atoms with Gasteiger partial charge in [-0.2, -0.15) is 0 Å². The van der Waals surface area contributed by atoms with E-state index in [-0.39, 0.29) is 38.6 Å². The number of quaternary nitrogens is 1. The highest BCUT2D eigenvalue weighted by molar-refractivity contribution is 5.71. The minimum absolute atomic E-state index is 0.175. The van der Waals surface area contributed by atoms with E-state index >= 15 is 0 Å². The van der Waals surface area contributed by atoms with E-state index in [2.05, 4.69) is 68.5 Å². The molecule has 1 N–H and O–H groups in total. The van der Waals surface area contributed by atoms with Crippen LogP contribution in [-0.2, 0) is 33.3 Å². The van der Waals surface area contributed by atoms with E-state index in [0.717, 1.165) is 57.8 Å². The average molecular weight is 691 g/mol. The number of carboxylic acid groups (broad SMARTS) is 1. The van der Waals surface area contributed by atoms with Gasteiger partial charge in [-0.25, -0.2) is 4.79 Å². The van der Waals surface area contributed by atoms with Gasteiger partial charge in [-0.15, -0.1) is 0 Å². The Morgan fingerprint density at radius 3 is 1.71 bits per heavy atom. The first-order chi connectivity index (χ1) is 23.6. The topological polar surface area (TPSA) is 108 Å². The minimum Gasteiger partial charge on any atom is -0.477 e. The fourth-order valence-corrected chi connectivity index (χ4v) is 4.40. The van der Waals surface area contributed by atoms with Crippen LogP contribution in [0.3, 0.4) is 0 Å². The van der Waals surface area contributed by atoms with Crippen molar-refractivity contribution in [2.45, 2.75) is 129 Å². The van der Waals surface area contributed by atoms with Crippen molar-refractivity contribution in [3.8, 4) is 0 Å². The van der Waals surface area contributed by atoms with E-state index in [1.165, 1.54) is 25.7 Å². The maximum absolute atomic E-state index is 12.6. The lowest BCUT2D eigenvalue weighted by atomic mass is 10.1. The number of unbranched alkanes of at least 4 members (excludes halogenated alkanes) is 7. The molecule has 0 aromatic carbocycles. The van der Waals surface area contributed by atoms with Gasteiger partial charge in [-0.1, -0.05) is 113 Å². The maximum atomic E-state index is 12.6. The van der Waals surface area contributed by atoms with Gasteiger partial charge in [-0.3, -0.25) is 9.59 Å². The van der Waals surface area contributed by atoms with Crippen LogP contribution in [0.4, 0.5) is 0 Å². The molecule has 9 nitrogen and oxygen atoms in total. The van der Waals surface area contributed by atoms with Gasteiger partial charge in [0.15, 0.2) is 6.10 Å². The molecule has 0 fully saturated rings. The summed E-state index contributed by atoms with van der Waals surface area (Å²) < 4.78 is 22.4. The third kappa shape index (κ3) is 33.3. The van der Waals surface area contributed by atoms with Gasteiger partial charge in [0, 0.05) is 12.8 Å². The first kappa shape index (κ1) is 46.0. The first-order valence-corrected chi connectivity index (χ1v) is 18.5. The smallest absolute Gasteiger partial charge is 0.361 e. The van der Waals surface area contributed by atoms with Gasteiger partial charge in [0.25, 0.3) is 6.29 Å². The Morgan fingerprint density at radius 1 is 0.633 bits per heavy atom. The Bertz CT molecular complexity index is 993. The maximum Gasteiger partial charge on any atom is 0.361 e. The molecule has 0 aliphatic heterocycles. The summed E-state index contributed by atoms with van der Waals surface area (Å²) in [5.41, 5.74) is 0. The molecule has 49 heavy (non-hydrogen) atoms. The lowest BCUT2D eigenvalue weighted by Gasteiger charge is -2.25. The zero-order valence-electron chi connectivity index (χ0n) is 31.3. The lowest BCUT2D eigenvalue weighted by Crippen LogP contribution is -2.40. The molecule has 280 valence electrons. The van der Waals surface area contributed by atoms with E-state index in [9.17, 15) is 19.5 Å².